The minimum atomic E-state index is -0.638. The monoisotopic (exact) mass is 623 g/mol. The van der Waals surface area contributed by atoms with Crippen molar-refractivity contribution in [3.63, 3.8) is 0 Å². The van der Waals surface area contributed by atoms with E-state index >= 15 is 0 Å². The van der Waals surface area contributed by atoms with Gasteiger partial charge in [-0.2, -0.15) is 0 Å². The SMILES string of the molecule is [2H]c1c([2H])c([2H])c(-c2c([2H])c([2H])c([2H])c(-c3cc(-c4ccccc4)nc(-c4ccc(-c5nc(-c6ccccc6)cc(-c6ccccc6)n5)cc4)n3)c2[2H])c([2H])c1[2H]. The second-order valence-electron chi connectivity index (χ2n) is 10.8. The molecule has 0 amide bonds. The predicted octanol–water partition coefficient (Wildman–Crippen LogP) is 10.9. The van der Waals surface area contributed by atoms with Gasteiger partial charge in [-0.1, -0.05) is 164 Å². The van der Waals surface area contributed by atoms with Crippen LogP contribution in [0.25, 0.3) is 78.9 Å². The highest BCUT2D eigenvalue weighted by Gasteiger charge is 2.14. The van der Waals surface area contributed by atoms with Gasteiger partial charge in [0.25, 0.3) is 0 Å². The molecule has 48 heavy (non-hydrogen) atoms. The van der Waals surface area contributed by atoms with Crippen LogP contribution in [0, 0.1) is 0 Å². The molecule has 0 N–H and O–H groups in total. The molecule has 2 heterocycles. The summed E-state index contributed by atoms with van der Waals surface area (Å²) in [6.07, 6.45) is 0. The maximum Gasteiger partial charge on any atom is 0.160 e. The largest absolute Gasteiger partial charge is 0.228 e. The number of benzene rings is 6. The molecule has 0 bridgehead atoms. The Balaban J connectivity index is 1.29. The second-order valence-corrected chi connectivity index (χ2v) is 10.8. The molecule has 2 aromatic heterocycles. The molecule has 0 aliphatic carbocycles. The number of rotatable bonds is 7. The lowest BCUT2D eigenvalue weighted by atomic mass is 10.0. The third kappa shape index (κ3) is 6.15. The van der Waals surface area contributed by atoms with E-state index in [0.29, 0.717) is 22.6 Å². The maximum absolute atomic E-state index is 9.29. The Morgan fingerprint density at radius 2 is 0.688 bits per heavy atom. The lowest BCUT2D eigenvalue weighted by molar-refractivity contribution is 1.17. The summed E-state index contributed by atoms with van der Waals surface area (Å²) in [5, 5.41) is 0. The quantitative estimate of drug-likeness (QED) is 0.177. The molecule has 6 aromatic carbocycles. The van der Waals surface area contributed by atoms with Gasteiger partial charge >= 0.3 is 0 Å². The molecule has 0 spiro atoms. The molecule has 8 aromatic rings. The summed E-state index contributed by atoms with van der Waals surface area (Å²) in [6, 6.07) is 34.7. The van der Waals surface area contributed by atoms with Crippen molar-refractivity contribution >= 4 is 0 Å². The standard InChI is InChI=1S/C44H30N4/c1-5-14-31(15-6-1)37-22-13-23-38(28-37)42-30-41(34-20-11-4-12-21-34)47-44(48-42)36-26-24-35(25-27-36)43-45-39(32-16-7-2-8-17-32)29-40(46-43)33-18-9-3-10-19-33/h1-30H/i1D,5D,6D,13D,14D,15D,22D,23D,28D. The van der Waals surface area contributed by atoms with Crippen molar-refractivity contribution in [1.29, 1.82) is 0 Å². The Morgan fingerprint density at radius 1 is 0.312 bits per heavy atom. The van der Waals surface area contributed by atoms with Crippen molar-refractivity contribution < 1.29 is 12.3 Å². The van der Waals surface area contributed by atoms with Crippen molar-refractivity contribution in [2.75, 3.05) is 0 Å². The van der Waals surface area contributed by atoms with E-state index in [0.717, 1.165) is 28.1 Å². The zero-order chi connectivity index (χ0) is 40.0. The van der Waals surface area contributed by atoms with E-state index in [-0.39, 0.29) is 22.6 Å². The first-order valence-electron chi connectivity index (χ1n) is 19.7. The Bertz CT molecular complexity index is 2730. The van der Waals surface area contributed by atoms with E-state index in [2.05, 4.69) is 0 Å². The van der Waals surface area contributed by atoms with Gasteiger partial charge in [0, 0.05) is 33.4 Å². The van der Waals surface area contributed by atoms with Crippen LogP contribution in [-0.2, 0) is 0 Å². The van der Waals surface area contributed by atoms with Crippen molar-refractivity contribution in [1.82, 2.24) is 19.9 Å². The van der Waals surface area contributed by atoms with Gasteiger partial charge in [0.2, 0.25) is 0 Å². The molecule has 0 unspecified atom stereocenters. The normalized spacial score (nSPS) is 13.5. The van der Waals surface area contributed by atoms with Gasteiger partial charge in [-0.05, 0) is 29.3 Å². The molecular formula is C44H30N4. The van der Waals surface area contributed by atoms with Crippen LogP contribution >= 0.6 is 0 Å². The fraction of sp³-hybridized carbons (Fsp3) is 0. The summed E-state index contributed by atoms with van der Waals surface area (Å²) in [4.78, 5) is 19.5. The average Bonchev–Trinajstić information content (AvgIpc) is 3.26. The Morgan fingerprint density at radius 3 is 1.12 bits per heavy atom. The van der Waals surface area contributed by atoms with Crippen molar-refractivity contribution in [2.45, 2.75) is 0 Å². The van der Waals surface area contributed by atoms with Crippen LogP contribution in [0.5, 0.6) is 0 Å². The molecule has 8 rings (SSSR count). The van der Waals surface area contributed by atoms with E-state index in [9.17, 15) is 1.37 Å². The summed E-state index contributed by atoms with van der Waals surface area (Å²) >= 11 is 0. The van der Waals surface area contributed by atoms with Crippen LogP contribution in [0.15, 0.2) is 182 Å². The minimum Gasteiger partial charge on any atom is -0.228 e. The highest BCUT2D eigenvalue weighted by molar-refractivity contribution is 5.77. The average molecular weight is 624 g/mol. The van der Waals surface area contributed by atoms with Crippen LogP contribution in [0.4, 0.5) is 0 Å². The van der Waals surface area contributed by atoms with Crippen LogP contribution in [0.1, 0.15) is 12.3 Å². The van der Waals surface area contributed by atoms with Gasteiger partial charge in [-0.3, -0.25) is 0 Å². The third-order valence-corrected chi connectivity index (χ3v) is 7.69. The molecule has 4 nitrogen and oxygen atoms in total. The van der Waals surface area contributed by atoms with Crippen LogP contribution in [0.2, 0.25) is 0 Å². The molecule has 0 aliphatic rings. The van der Waals surface area contributed by atoms with Gasteiger partial charge in [0.05, 0.1) is 35.1 Å². The van der Waals surface area contributed by atoms with E-state index < -0.39 is 59.9 Å². The lowest BCUT2D eigenvalue weighted by Gasteiger charge is -2.12. The zero-order valence-electron chi connectivity index (χ0n) is 34.4. The van der Waals surface area contributed by atoms with Gasteiger partial charge in [0.15, 0.2) is 11.6 Å². The molecule has 0 fully saturated rings. The Hall–Kier alpha value is -6.52. The minimum absolute atomic E-state index is 0.0893. The van der Waals surface area contributed by atoms with E-state index in [1.54, 1.807) is 6.07 Å². The van der Waals surface area contributed by atoms with Gasteiger partial charge in [-0.15, -0.1) is 0 Å². The lowest BCUT2D eigenvalue weighted by Crippen LogP contribution is -1.97. The first kappa shape index (κ1) is 20.6. The second kappa shape index (κ2) is 13.1. The first-order valence-corrected chi connectivity index (χ1v) is 15.2. The molecule has 0 saturated carbocycles. The summed E-state index contributed by atoms with van der Waals surface area (Å²) < 4.78 is 77.3. The number of hydrogen-bond donors (Lipinski definition) is 0. The maximum atomic E-state index is 9.29. The van der Waals surface area contributed by atoms with Crippen molar-refractivity contribution in [3.05, 3.63) is 182 Å². The molecule has 0 atom stereocenters. The molecule has 226 valence electrons. The van der Waals surface area contributed by atoms with Crippen LogP contribution in [0.3, 0.4) is 0 Å². The number of nitrogens with zero attached hydrogens (tertiary/aromatic N) is 4. The third-order valence-electron chi connectivity index (χ3n) is 7.69. The molecule has 0 aliphatic heterocycles. The van der Waals surface area contributed by atoms with Gasteiger partial charge in [0.1, 0.15) is 0 Å². The fourth-order valence-corrected chi connectivity index (χ4v) is 5.29. The predicted molar refractivity (Wildman–Crippen MR) is 196 cm³/mol. The summed E-state index contributed by atoms with van der Waals surface area (Å²) in [5.41, 5.74) is 5.10. The Kier molecular flexibility index (Phi) is 5.60. The Labute approximate surface area is 292 Å². The van der Waals surface area contributed by atoms with E-state index in [4.69, 9.17) is 30.9 Å². The van der Waals surface area contributed by atoms with Gasteiger partial charge in [-0.25, -0.2) is 19.9 Å². The number of aromatic nitrogens is 4. The highest BCUT2D eigenvalue weighted by atomic mass is 14.9. The van der Waals surface area contributed by atoms with Crippen LogP contribution in [-0.4, -0.2) is 19.9 Å². The molecule has 0 radical (unpaired) electrons. The summed E-state index contributed by atoms with van der Waals surface area (Å²) in [6.45, 7) is 0. The molecule has 0 saturated heterocycles. The van der Waals surface area contributed by atoms with Gasteiger partial charge < -0.3 is 0 Å². The fourth-order valence-electron chi connectivity index (χ4n) is 5.29. The number of hydrogen-bond acceptors (Lipinski definition) is 4. The van der Waals surface area contributed by atoms with Crippen molar-refractivity contribution in [2.24, 2.45) is 0 Å². The summed E-state index contributed by atoms with van der Waals surface area (Å²) in [5.74, 6) is 0.754. The zero-order valence-corrected chi connectivity index (χ0v) is 25.4. The van der Waals surface area contributed by atoms with E-state index in [1.165, 1.54) is 0 Å². The van der Waals surface area contributed by atoms with Crippen LogP contribution < -0.4 is 0 Å². The molecular weight excluding hydrogens is 585 g/mol. The summed E-state index contributed by atoms with van der Waals surface area (Å²) in [7, 11) is 0. The highest BCUT2D eigenvalue weighted by Crippen LogP contribution is 2.32. The van der Waals surface area contributed by atoms with Crippen molar-refractivity contribution in [3.8, 4) is 78.9 Å². The van der Waals surface area contributed by atoms with E-state index in [1.807, 2.05) is 121 Å². The molecule has 4 heteroatoms. The topological polar surface area (TPSA) is 51.6 Å². The first-order chi connectivity index (χ1) is 27.5. The smallest absolute Gasteiger partial charge is 0.160 e.